The number of pyridine rings is 1. The van der Waals surface area contributed by atoms with Gasteiger partial charge in [-0.3, -0.25) is 4.79 Å². The van der Waals surface area contributed by atoms with Crippen molar-refractivity contribution in [3.8, 4) is 5.75 Å². The highest BCUT2D eigenvalue weighted by atomic mass is 16.5. The molecule has 0 spiro atoms. The Hall–Kier alpha value is -2.40. The van der Waals surface area contributed by atoms with Crippen molar-refractivity contribution in [3.05, 3.63) is 59.9 Å². The first-order valence-electron chi connectivity index (χ1n) is 8.27. The topological polar surface area (TPSA) is 68.5 Å². The number of aromatic nitrogens is 1. The first-order chi connectivity index (χ1) is 11.6. The Morgan fingerprint density at radius 3 is 2.67 bits per heavy atom. The van der Waals surface area contributed by atoms with Gasteiger partial charge in [-0.25, -0.2) is 4.98 Å². The molecule has 5 nitrogen and oxygen atoms in total. The molecule has 1 fully saturated rings. The number of benzene rings is 1. The number of ether oxygens (including phenoxy) is 1. The van der Waals surface area contributed by atoms with Gasteiger partial charge in [0, 0.05) is 31.2 Å². The maximum atomic E-state index is 12.9. The van der Waals surface area contributed by atoms with Crippen molar-refractivity contribution in [3.63, 3.8) is 0 Å². The fourth-order valence-electron chi connectivity index (χ4n) is 3.10. The zero-order valence-electron chi connectivity index (χ0n) is 14.1. The number of rotatable bonds is 4. The molecule has 0 bridgehead atoms. The number of nitrogens with zero attached hydrogens (tertiary/aromatic N) is 2. The Morgan fingerprint density at radius 2 is 1.96 bits per heavy atom. The van der Waals surface area contributed by atoms with Crippen LogP contribution in [0.3, 0.4) is 0 Å². The van der Waals surface area contributed by atoms with Crippen LogP contribution in [0.15, 0.2) is 48.7 Å². The third kappa shape index (κ3) is 3.41. The monoisotopic (exact) mass is 325 g/mol. The van der Waals surface area contributed by atoms with Crippen LogP contribution in [0.5, 0.6) is 5.75 Å². The van der Waals surface area contributed by atoms with Gasteiger partial charge in [0.2, 0.25) is 0 Å². The summed E-state index contributed by atoms with van der Waals surface area (Å²) in [6.07, 6.45) is 1.60. The second-order valence-corrected chi connectivity index (χ2v) is 6.41. The van der Waals surface area contributed by atoms with Gasteiger partial charge >= 0.3 is 0 Å². The molecule has 126 valence electrons. The zero-order chi connectivity index (χ0) is 17.1. The van der Waals surface area contributed by atoms with Crippen molar-refractivity contribution in [2.45, 2.75) is 31.9 Å². The normalized spacial score (nSPS) is 20.4. The summed E-state index contributed by atoms with van der Waals surface area (Å²) in [5.41, 5.74) is 7.81. The van der Waals surface area contributed by atoms with E-state index in [1.165, 1.54) is 5.56 Å². The second kappa shape index (κ2) is 7.01. The van der Waals surface area contributed by atoms with E-state index in [4.69, 9.17) is 10.5 Å². The van der Waals surface area contributed by atoms with Gasteiger partial charge in [0.1, 0.15) is 0 Å². The number of carbonyl (C=O) groups is 1. The Bertz CT molecular complexity index is 703. The average Bonchev–Trinajstić information content (AvgIpc) is 2.97. The molecule has 2 N–H and O–H groups in total. The van der Waals surface area contributed by atoms with Gasteiger partial charge in [-0.05, 0) is 31.5 Å². The largest absolute Gasteiger partial charge is 0.489 e. The average molecular weight is 325 g/mol. The van der Waals surface area contributed by atoms with Crippen LogP contribution in [0, 0.1) is 0 Å². The van der Waals surface area contributed by atoms with Gasteiger partial charge in [-0.15, -0.1) is 0 Å². The Kier molecular flexibility index (Phi) is 4.81. The first kappa shape index (κ1) is 16.5. The molecule has 2 heterocycles. The molecular weight excluding hydrogens is 302 g/mol. The third-order valence-corrected chi connectivity index (χ3v) is 4.22. The molecule has 2 aromatic rings. The summed E-state index contributed by atoms with van der Waals surface area (Å²) >= 11 is 0. The molecule has 0 saturated carbocycles. The van der Waals surface area contributed by atoms with Crippen molar-refractivity contribution in [1.82, 2.24) is 9.88 Å². The summed E-state index contributed by atoms with van der Waals surface area (Å²) in [5.74, 6) is 0.544. The minimum absolute atomic E-state index is 0.0151. The van der Waals surface area contributed by atoms with Gasteiger partial charge in [-0.1, -0.05) is 30.3 Å². The summed E-state index contributed by atoms with van der Waals surface area (Å²) in [6.45, 7) is 4.98. The lowest BCUT2D eigenvalue weighted by molar-refractivity contribution is 0.0776. The molecule has 24 heavy (non-hydrogen) atoms. The fraction of sp³-hybridized carbons (Fsp3) is 0.368. The Balaban J connectivity index is 1.80. The lowest BCUT2D eigenvalue weighted by Crippen LogP contribution is -2.33. The van der Waals surface area contributed by atoms with Crippen LogP contribution in [-0.2, 0) is 0 Å². The molecule has 1 aromatic heterocycles. The summed E-state index contributed by atoms with van der Waals surface area (Å²) in [7, 11) is 0. The first-order valence-corrected chi connectivity index (χ1v) is 8.27. The van der Waals surface area contributed by atoms with E-state index in [2.05, 4.69) is 17.1 Å². The Morgan fingerprint density at radius 1 is 1.21 bits per heavy atom. The smallest absolute Gasteiger partial charge is 0.276 e. The molecule has 1 amide bonds. The fourth-order valence-corrected chi connectivity index (χ4v) is 3.10. The molecule has 5 heteroatoms. The van der Waals surface area contributed by atoms with E-state index in [9.17, 15) is 4.79 Å². The van der Waals surface area contributed by atoms with Crippen LogP contribution in [0.25, 0.3) is 0 Å². The van der Waals surface area contributed by atoms with E-state index in [0.29, 0.717) is 24.5 Å². The molecule has 2 atom stereocenters. The summed E-state index contributed by atoms with van der Waals surface area (Å²) < 4.78 is 5.72. The highest BCUT2D eigenvalue weighted by molar-refractivity contribution is 5.95. The molecule has 1 aliphatic heterocycles. The second-order valence-electron chi connectivity index (χ2n) is 6.41. The number of carbonyl (C=O) groups excluding carboxylic acids is 1. The van der Waals surface area contributed by atoms with E-state index in [1.54, 1.807) is 23.2 Å². The summed E-state index contributed by atoms with van der Waals surface area (Å²) in [4.78, 5) is 18.9. The quantitative estimate of drug-likeness (QED) is 0.937. The maximum absolute atomic E-state index is 12.9. The van der Waals surface area contributed by atoms with Gasteiger partial charge in [-0.2, -0.15) is 0 Å². The molecule has 0 radical (unpaired) electrons. The number of likely N-dealkylation sites (tertiary alicyclic amines) is 1. The van der Waals surface area contributed by atoms with Crippen molar-refractivity contribution in [2.75, 3.05) is 13.1 Å². The number of nitrogens with two attached hydrogens (primary N) is 1. The van der Waals surface area contributed by atoms with Crippen LogP contribution in [0.1, 0.15) is 35.8 Å². The zero-order valence-corrected chi connectivity index (χ0v) is 14.1. The standard InChI is InChI=1S/C19H23N3O2/c1-13(2)24-17-9-6-10-21-18(17)19(23)22-11-15(16(20)12-22)14-7-4-3-5-8-14/h3-10,13,15-16H,11-12,20H2,1-2H3/t15-,16+/m0/s1. The highest BCUT2D eigenvalue weighted by Gasteiger charge is 2.35. The van der Waals surface area contributed by atoms with Crippen LogP contribution >= 0.6 is 0 Å². The number of hydrogen-bond acceptors (Lipinski definition) is 4. The summed E-state index contributed by atoms with van der Waals surface area (Å²) in [6, 6.07) is 13.6. The molecule has 0 aliphatic carbocycles. The van der Waals surface area contributed by atoms with E-state index >= 15 is 0 Å². The number of hydrogen-bond donors (Lipinski definition) is 1. The highest BCUT2D eigenvalue weighted by Crippen LogP contribution is 2.28. The van der Waals surface area contributed by atoms with Crippen molar-refractivity contribution < 1.29 is 9.53 Å². The van der Waals surface area contributed by atoms with Crippen molar-refractivity contribution in [1.29, 1.82) is 0 Å². The van der Waals surface area contributed by atoms with Crippen LogP contribution < -0.4 is 10.5 Å². The lowest BCUT2D eigenvalue weighted by atomic mass is 9.95. The molecular formula is C19H23N3O2. The molecule has 3 rings (SSSR count). The maximum Gasteiger partial charge on any atom is 0.276 e. The van der Waals surface area contributed by atoms with Gasteiger partial charge in [0.25, 0.3) is 5.91 Å². The van der Waals surface area contributed by atoms with Crippen molar-refractivity contribution in [2.24, 2.45) is 5.73 Å². The van der Waals surface area contributed by atoms with Gasteiger partial charge < -0.3 is 15.4 Å². The van der Waals surface area contributed by atoms with Gasteiger partial charge in [0.05, 0.1) is 6.10 Å². The van der Waals surface area contributed by atoms with E-state index in [1.807, 2.05) is 32.0 Å². The van der Waals surface area contributed by atoms with Crippen molar-refractivity contribution >= 4 is 5.91 Å². The van der Waals surface area contributed by atoms with Crippen LogP contribution in [-0.4, -0.2) is 41.0 Å². The predicted octanol–water partition coefficient (Wildman–Crippen LogP) is 2.44. The van der Waals surface area contributed by atoms with E-state index in [0.717, 1.165) is 0 Å². The molecule has 1 aromatic carbocycles. The van der Waals surface area contributed by atoms with E-state index < -0.39 is 0 Å². The summed E-state index contributed by atoms with van der Waals surface area (Å²) in [5, 5.41) is 0. The minimum Gasteiger partial charge on any atom is -0.489 e. The predicted molar refractivity (Wildman–Crippen MR) is 93.1 cm³/mol. The Labute approximate surface area is 142 Å². The SMILES string of the molecule is CC(C)Oc1cccnc1C(=O)N1C[C@@H](N)[C@H](c2ccccc2)C1. The third-order valence-electron chi connectivity index (χ3n) is 4.22. The minimum atomic E-state index is -0.125. The van der Waals surface area contributed by atoms with Crippen LogP contribution in [0.4, 0.5) is 0 Å². The van der Waals surface area contributed by atoms with Gasteiger partial charge in [0.15, 0.2) is 11.4 Å². The molecule has 1 aliphatic rings. The van der Waals surface area contributed by atoms with Crippen LogP contribution in [0.2, 0.25) is 0 Å². The molecule has 1 saturated heterocycles. The van der Waals surface area contributed by atoms with E-state index in [-0.39, 0.29) is 24.0 Å². The molecule has 0 unspecified atom stereocenters. The number of amides is 1. The lowest BCUT2D eigenvalue weighted by Gasteiger charge is -2.18.